The molecule has 0 aromatic heterocycles. The van der Waals surface area contributed by atoms with Crippen LogP contribution in [0, 0.1) is 5.53 Å². The monoisotopic (exact) mass is 186 g/mol. The smallest absolute Gasteiger partial charge is 0.0510 e. The Morgan fingerprint density at radius 1 is 0.769 bits per heavy atom. The van der Waals surface area contributed by atoms with Gasteiger partial charge in [-0.05, 0) is 52.2 Å². The van der Waals surface area contributed by atoms with Gasteiger partial charge in [0.05, 0.1) is 7.02 Å². The quantitative estimate of drug-likeness (QED) is 0.493. The van der Waals surface area contributed by atoms with Crippen molar-refractivity contribution in [3.63, 3.8) is 0 Å². The van der Waals surface area contributed by atoms with Gasteiger partial charge in [0.15, 0.2) is 0 Å². The molecular weight excluding hydrogens is 180 g/mol. The third-order valence-corrected chi connectivity index (χ3v) is 0.428. The van der Waals surface area contributed by atoms with Gasteiger partial charge in [0, 0.05) is 1.37 Å². The van der Waals surface area contributed by atoms with Crippen LogP contribution in [0.5, 0.6) is 0 Å². The van der Waals surface area contributed by atoms with Crippen LogP contribution in [-0.4, -0.2) is 7.02 Å². The predicted molar refractivity (Wildman–Crippen MR) is 35.4 cm³/mol. The molecular formula is CH4N12. The molecule has 0 unspecified atom stereocenters. The van der Waals surface area contributed by atoms with Gasteiger partial charge in [0.1, 0.15) is 0 Å². The van der Waals surface area contributed by atoms with Gasteiger partial charge in [-0.2, -0.15) is 10.6 Å². The molecule has 0 heterocycles. The van der Waals surface area contributed by atoms with Crippen LogP contribution in [0.1, 0.15) is 1.37 Å². The molecule has 1 N–H and O–H groups in total. The van der Waals surface area contributed by atoms with E-state index in [1.165, 1.54) is 0 Å². The second kappa shape index (κ2) is 9.60. The first kappa shape index (κ1) is 8.69. The van der Waals surface area contributed by atoms with E-state index in [9.17, 15) is 0 Å². The van der Waals surface area contributed by atoms with Crippen molar-refractivity contribution in [2.45, 2.75) is 0 Å². The summed E-state index contributed by atoms with van der Waals surface area (Å²) in [6, 6.07) is 0. The molecule has 0 rings (SSSR count). The lowest BCUT2D eigenvalue weighted by molar-refractivity contribution is 0.757. The summed E-state index contributed by atoms with van der Waals surface area (Å²) in [5.41, 5.74) is 6.15. The van der Waals surface area contributed by atoms with E-state index in [0.717, 1.165) is 0 Å². The van der Waals surface area contributed by atoms with Crippen LogP contribution in [0.25, 0.3) is 0 Å². The Balaban J connectivity index is 3.67. The van der Waals surface area contributed by atoms with Gasteiger partial charge in [-0.1, -0.05) is 0 Å². The third-order valence-electron chi connectivity index (χ3n) is 0.428. The molecule has 0 aliphatic carbocycles. The molecule has 0 aromatic rings. The summed E-state index contributed by atoms with van der Waals surface area (Å²) >= 11 is 0. The minimum atomic E-state index is -0.243. The molecule has 0 saturated carbocycles. The van der Waals surface area contributed by atoms with Crippen LogP contribution >= 0.6 is 0 Å². The molecule has 12 heteroatoms. The van der Waals surface area contributed by atoms with Gasteiger partial charge < -0.3 is 0 Å². The average Bonchev–Trinajstić information content (AvgIpc) is 2.21. The summed E-state index contributed by atoms with van der Waals surface area (Å²) in [6.45, 7) is 0. The van der Waals surface area contributed by atoms with Crippen molar-refractivity contribution in [2.75, 3.05) is 7.02 Å². The van der Waals surface area contributed by atoms with Crippen LogP contribution in [0.3, 0.4) is 0 Å². The topological polar surface area (TPSA) is 160 Å². The summed E-state index contributed by atoms with van der Waals surface area (Å²) in [7, 11) is -0.243. The van der Waals surface area contributed by atoms with E-state index in [1.54, 1.807) is 0 Å². The highest BCUT2D eigenvalue weighted by Gasteiger charge is 1.67. The van der Waals surface area contributed by atoms with Crippen molar-refractivity contribution in [2.24, 2.45) is 57.3 Å². The van der Waals surface area contributed by atoms with Gasteiger partial charge in [-0.3, -0.25) is 0 Å². The average molecular weight is 186 g/mol. The highest BCUT2D eigenvalue weighted by atomic mass is 15.7. The van der Waals surface area contributed by atoms with Crippen molar-refractivity contribution in [3.05, 3.63) is 0 Å². The van der Waals surface area contributed by atoms with Crippen LogP contribution in [0.15, 0.2) is 57.3 Å². The molecule has 0 saturated heterocycles. The number of hydrogen-bond acceptors (Lipinski definition) is 2. The summed E-state index contributed by atoms with van der Waals surface area (Å²) in [6.07, 6.45) is 0. The molecule has 0 radical (unpaired) electrons. The zero-order valence-corrected chi connectivity index (χ0v) is 6.13. The fourth-order valence-corrected chi connectivity index (χ4v) is 0.174. The Morgan fingerprint density at radius 2 is 1.23 bits per heavy atom. The van der Waals surface area contributed by atoms with E-state index in [0.29, 0.717) is 0 Å². The van der Waals surface area contributed by atoms with Gasteiger partial charge in [-0.15, -0.1) is 0 Å². The van der Waals surface area contributed by atoms with Crippen molar-refractivity contribution < 1.29 is 1.37 Å². The summed E-state index contributed by atoms with van der Waals surface area (Å²) < 4.78 is 6.52. The highest BCUT2D eigenvalue weighted by Crippen LogP contribution is 1.85. The standard InChI is InChI=1S/CH4N12/c1-3-5-7-9-11-13-12-10-8-6-4-2/h2H,1H3/b4-2?,5-3?,8-6+,9-7+,12-10+,13-11+/i1T. The molecule has 0 aliphatic heterocycles. The summed E-state index contributed by atoms with van der Waals surface area (Å²) in [5.74, 6) is 0. The Hall–Kier alpha value is -2.40. The van der Waals surface area contributed by atoms with E-state index < -0.39 is 0 Å². The van der Waals surface area contributed by atoms with E-state index >= 15 is 0 Å². The van der Waals surface area contributed by atoms with E-state index in [1.807, 2.05) is 0 Å². The minimum Gasteiger partial charge on any atom is -0.183 e. The lowest BCUT2D eigenvalue weighted by Gasteiger charge is -1.67. The second-order valence-electron chi connectivity index (χ2n) is 1.05. The molecule has 0 bridgehead atoms. The molecule has 0 fully saturated rings. The normalized spacial score (nSPS) is 14.3. The number of nitrogens with zero attached hydrogens (tertiary/aromatic N) is 11. The van der Waals surface area contributed by atoms with Crippen LogP contribution in [-0.2, 0) is 0 Å². The van der Waals surface area contributed by atoms with Crippen molar-refractivity contribution in [1.29, 1.82) is 5.53 Å². The SMILES string of the molecule is [3H]CN=N/N=N/N=N/N=N/N=N/N=N. The van der Waals surface area contributed by atoms with Crippen LogP contribution in [0.4, 0.5) is 0 Å². The highest BCUT2D eigenvalue weighted by molar-refractivity contribution is 4.11. The van der Waals surface area contributed by atoms with Gasteiger partial charge >= 0.3 is 0 Å². The van der Waals surface area contributed by atoms with Crippen LogP contribution in [0.2, 0.25) is 0 Å². The van der Waals surface area contributed by atoms with Crippen molar-refractivity contribution >= 4 is 0 Å². The maximum atomic E-state index is 6.52. The van der Waals surface area contributed by atoms with Crippen LogP contribution < -0.4 is 0 Å². The molecule has 0 amide bonds. The maximum absolute atomic E-state index is 6.52. The molecule has 68 valence electrons. The first-order valence-electron chi connectivity index (χ1n) is 3.25. The molecule has 0 atom stereocenters. The Morgan fingerprint density at radius 3 is 1.69 bits per heavy atom. The van der Waals surface area contributed by atoms with Gasteiger partial charge in [0.25, 0.3) is 0 Å². The van der Waals surface area contributed by atoms with E-state index in [-0.39, 0.29) is 7.02 Å². The Kier molecular flexibility index (Phi) is 6.42. The lowest BCUT2D eigenvalue weighted by Crippen LogP contribution is -1.49. The number of rotatable bonds is 5. The second-order valence-corrected chi connectivity index (χ2v) is 1.05. The fourth-order valence-electron chi connectivity index (χ4n) is 0.174. The van der Waals surface area contributed by atoms with E-state index in [4.69, 9.17) is 6.90 Å². The molecule has 0 spiro atoms. The van der Waals surface area contributed by atoms with Gasteiger partial charge in [0.2, 0.25) is 0 Å². The molecule has 0 aliphatic rings. The van der Waals surface area contributed by atoms with E-state index in [2.05, 4.69) is 57.3 Å². The number of hydrogen-bond donors (Lipinski definition) is 1. The Labute approximate surface area is 72.5 Å². The minimum absolute atomic E-state index is 0.243. The zero-order valence-electron chi connectivity index (χ0n) is 7.13. The Bertz CT molecular complexity index is 270. The lowest BCUT2D eigenvalue weighted by atomic mass is 11.6. The zero-order chi connectivity index (χ0) is 10.5. The first-order chi connectivity index (χ1) is 6.91. The summed E-state index contributed by atoms with van der Waals surface area (Å²) in [5, 5.41) is 32.1. The largest absolute Gasteiger partial charge is 0.183 e. The third kappa shape index (κ3) is 9.60. The molecule has 0 aromatic carbocycles. The predicted octanol–water partition coefficient (Wildman–Crippen LogP) is 2.48. The number of nitrogens with one attached hydrogen (secondary N) is 1. The molecule has 13 heavy (non-hydrogen) atoms. The van der Waals surface area contributed by atoms with Crippen molar-refractivity contribution in [3.8, 4) is 0 Å². The maximum Gasteiger partial charge on any atom is 0.0510 e. The fraction of sp³-hybridized carbons (Fsp3) is 1.00. The molecule has 12 nitrogen and oxygen atoms in total. The summed E-state index contributed by atoms with van der Waals surface area (Å²) in [4.78, 5) is 0. The van der Waals surface area contributed by atoms with Gasteiger partial charge in [-0.25, -0.2) is 0 Å². The first-order valence-corrected chi connectivity index (χ1v) is 2.54. The van der Waals surface area contributed by atoms with Crippen molar-refractivity contribution in [1.82, 2.24) is 0 Å².